The SMILES string of the molecule is CCOC(=O)c1c(CCO[Si](C(C)C)(C(C)C)C(C)C)c2ccccc2n1C(=O)C(CC)(CC)CC. The van der Waals surface area contributed by atoms with Gasteiger partial charge in [0.05, 0.1) is 12.1 Å². The first-order valence-corrected chi connectivity index (χ1v) is 16.1. The van der Waals surface area contributed by atoms with Gasteiger partial charge in [0.1, 0.15) is 5.69 Å². The Labute approximate surface area is 220 Å². The Morgan fingerprint density at radius 2 is 1.42 bits per heavy atom. The molecule has 0 aliphatic rings. The van der Waals surface area contributed by atoms with Gasteiger partial charge < -0.3 is 9.16 Å². The number of benzene rings is 1. The fourth-order valence-corrected chi connectivity index (χ4v) is 11.9. The van der Waals surface area contributed by atoms with Crippen LogP contribution in [0.3, 0.4) is 0 Å². The molecule has 1 aromatic heterocycles. The molecule has 0 aliphatic heterocycles. The van der Waals surface area contributed by atoms with Crippen molar-refractivity contribution < 1.29 is 18.8 Å². The van der Waals surface area contributed by atoms with Crippen molar-refractivity contribution in [1.82, 2.24) is 4.57 Å². The van der Waals surface area contributed by atoms with Crippen LogP contribution in [0.25, 0.3) is 10.9 Å². The maximum atomic E-state index is 14.1. The molecule has 0 spiro atoms. The number of rotatable bonds is 13. The third kappa shape index (κ3) is 5.35. The summed E-state index contributed by atoms with van der Waals surface area (Å²) >= 11 is 0. The lowest BCUT2D eigenvalue weighted by atomic mass is 9.78. The van der Waals surface area contributed by atoms with Gasteiger partial charge in [-0.05, 0) is 60.9 Å². The van der Waals surface area contributed by atoms with Crippen LogP contribution >= 0.6 is 0 Å². The van der Waals surface area contributed by atoms with Crippen molar-refractivity contribution in [2.75, 3.05) is 13.2 Å². The molecule has 0 N–H and O–H groups in total. The van der Waals surface area contributed by atoms with Crippen molar-refractivity contribution in [3.8, 4) is 0 Å². The van der Waals surface area contributed by atoms with Gasteiger partial charge in [-0.3, -0.25) is 9.36 Å². The first-order valence-electron chi connectivity index (χ1n) is 14.0. The van der Waals surface area contributed by atoms with Crippen molar-refractivity contribution in [2.24, 2.45) is 5.41 Å². The van der Waals surface area contributed by atoms with E-state index < -0.39 is 19.7 Å². The normalized spacial score (nSPS) is 12.8. The monoisotopic (exact) mass is 515 g/mol. The quantitative estimate of drug-likeness (QED) is 0.198. The summed E-state index contributed by atoms with van der Waals surface area (Å²) in [5.41, 5.74) is 2.91. The van der Waals surface area contributed by atoms with E-state index in [-0.39, 0.29) is 12.5 Å². The highest BCUT2D eigenvalue weighted by molar-refractivity contribution is 6.77. The molecule has 6 heteroatoms. The second kappa shape index (κ2) is 12.5. The Balaban J connectivity index is 2.69. The topological polar surface area (TPSA) is 57.5 Å². The molecule has 0 radical (unpaired) electrons. The summed E-state index contributed by atoms with van der Waals surface area (Å²) in [5, 5.41) is 0.931. The van der Waals surface area contributed by atoms with E-state index in [1.165, 1.54) is 0 Å². The number of esters is 1. The van der Waals surface area contributed by atoms with Crippen LogP contribution in [0, 0.1) is 5.41 Å². The fourth-order valence-electron chi connectivity index (χ4n) is 6.46. The molecule has 0 unspecified atom stereocenters. The number of para-hydroxylation sites is 1. The Hall–Kier alpha value is -1.92. The number of ether oxygens (including phenoxy) is 1. The Morgan fingerprint density at radius 3 is 1.89 bits per heavy atom. The zero-order valence-corrected chi connectivity index (χ0v) is 25.4. The van der Waals surface area contributed by atoms with E-state index in [1.807, 2.05) is 24.3 Å². The van der Waals surface area contributed by atoms with Crippen molar-refractivity contribution in [1.29, 1.82) is 0 Å². The molecule has 0 fully saturated rings. The van der Waals surface area contributed by atoms with Gasteiger partial charge in [0.2, 0.25) is 5.91 Å². The summed E-state index contributed by atoms with van der Waals surface area (Å²) in [5.74, 6) is -0.453. The Morgan fingerprint density at radius 1 is 0.889 bits per heavy atom. The number of hydrogen-bond acceptors (Lipinski definition) is 4. The molecule has 5 nitrogen and oxygen atoms in total. The third-order valence-electron chi connectivity index (χ3n) is 8.55. The van der Waals surface area contributed by atoms with Gasteiger partial charge in [0.15, 0.2) is 8.32 Å². The minimum absolute atomic E-state index is 0.0170. The largest absolute Gasteiger partial charge is 0.461 e. The lowest BCUT2D eigenvalue weighted by Crippen LogP contribution is -2.48. The Kier molecular flexibility index (Phi) is 10.6. The van der Waals surface area contributed by atoms with Crippen LogP contribution in [-0.4, -0.2) is 38.0 Å². The lowest BCUT2D eigenvalue weighted by molar-refractivity contribution is 0.0491. The van der Waals surface area contributed by atoms with Gasteiger partial charge in [0.25, 0.3) is 0 Å². The third-order valence-corrected chi connectivity index (χ3v) is 14.7. The molecule has 2 rings (SSSR count). The van der Waals surface area contributed by atoms with Crippen LogP contribution in [-0.2, 0) is 15.6 Å². The predicted molar refractivity (Wildman–Crippen MR) is 153 cm³/mol. The molecule has 0 atom stereocenters. The van der Waals surface area contributed by atoms with Gasteiger partial charge in [-0.1, -0.05) is 80.5 Å². The maximum Gasteiger partial charge on any atom is 0.355 e. The standard InChI is InChI=1S/C30H49NO4Si/c1-11-30(12-2,13-3)29(33)31-26-18-16-15-17-24(26)25(27(31)28(32)34-14-4)19-20-35-36(21(5)6,22(7)8)23(9)10/h15-18,21-23H,11-14,19-20H2,1-10H3. The highest BCUT2D eigenvalue weighted by Gasteiger charge is 2.45. The van der Waals surface area contributed by atoms with Gasteiger partial charge in [-0.25, -0.2) is 4.79 Å². The molecule has 0 bridgehead atoms. The van der Waals surface area contributed by atoms with Crippen molar-refractivity contribution in [3.05, 3.63) is 35.5 Å². The van der Waals surface area contributed by atoms with Crippen LogP contribution < -0.4 is 0 Å². The molecular formula is C30H49NO4Si. The zero-order valence-electron chi connectivity index (χ0n) is 24.4. The van der Waals surface area contributed by atoms with Crippen LogP contribution in [0.1, 0.15) is 109 Å². The van der Waals surface area contributed by atoms with Gasteiger partial charge in [-0.2, -0.15) is 0 Å². The molecule has 0 amide bonds. The van der Waals surface area contributed by atoms with E-state index in [4.69, 9.17) is 9.16 Å². The van der Waals surface area contributed by atoms with Gasteiger partial charge in [0, 0.05) is 17.4 Å². The van der Waals surface area contributed by atoms with Crippen molar-refractivity contribution in [2.45, 2.75) is 112 Å². The average Bonchev–Trinajstić information content (AvgIpc) is 3.17. The summed E-state index contributed by atoms with van der Waals surface area (Å²) in [6.07, 6.45) is 2.72. The second-order valence-electron chi connectivity index (χ2n) is 11.0. The molecule has 36 heavy (non-hydrogen) atoms. The summed E-state index contributed by atoms with van der Waals surface area (Å²) < 4.78 is 14.0. The number of carbonyl (C=O) groups is 2. The summed E-state index contributed by atoms with van der Waals surface area (Å²) in [4.78, 5) is 27.6. The highest BCUT2D eigenvalue weighted by Crippen LogP contribution is 2.43. The number of nitrogens with zero attached hydrogens (tertiary/aromatic N) is 1. The molecular weight excluding hydrogens is 466 g/mol. The number of fused-ring (bicyclic) bond motifs is 1. The second-order valence-corrected chi connectivity index (χ2v) is 16.4. The minimum atomic E-state index is -2.06. The lowest BCUT2D eigenvalue weighted by Gasteiger charge is -2.42. The van der Waals surface area contributed by atoms with E-state index in [0.717, 1.165) is 35.7 Å². The summed E-state index contributed by atoms with van der Waals surface area (Å²) in [7, 11) is -2.06. The van der Waals surface area contributed by atoms with Gasteiger partial charge in [-0.15, -0.1) is 0 Å². The van der Waals surface area contributed by atoms with Crippen LogP contribution in [0.2, 0.25) is 16.6 Å². The predicted octanol–water partition coefficient (Wildman–Crippen LogP) is 8.41. The van der Waals surface area contributed by atoms with Crippen LogP contribution in [0.4, 0.5) is 0 Å². The first-order chi connectivity index (χ1) is 17.0. The molecule has 0 aliphatic carbocycles. The van der Waals surface area contributed by atoms with E-state index in [0.29, 0.717) is 35.3 Å². The summed E-state index contributed by atoms with van der Waals surface area (Å²) in [6, 6.07) is 7.86. The molecule has 0 saturated heterocycles. The first kappa shape index (κ1) is 30.3. The minimum Gasteiger partial charge on any atom is -0.461 e. The van der Waals surface area contributed by atoms with Crippen molar-refractivity contribution in [3.63, 3.8) is 0 Å². The number of hydrogen-bond donors (Lipinski definition) is 0. The van der Waals surface area contributed by atoms with E-state index in [9.17, 15) is 9.59 Å². The maximum absolute atomic E-state index is 14.1. The highest BCUT2D eigenvalue weighted by atomic mass is 28.4. The van der Waals surface area contributed by atoms with Crippen molar-refractivity contribution >= 4 is 31.1 Å². The fraction of sp³-hybridized carbons (Fsp3) is 0.667. The van der Waals surface area contributed by atoms with Gasteiger partial charge >= 0.3 is 5.97 Å². The number of aromatic nitrogens is 1. The molecule has 1 aromatic carbocycles. The molecule has 0 saturated carbocycles. The van der Waals surface area contributed by atoms with E-state index in [2.05, 4.69) is 62.3 Å². The number of carbonyl (C=O) groups excluding carboxylic acids is 2. The zero-order chi connectivity index (χ0) is 27.3. The molecule has 1 heterocycles. The van der Waals surface area contributed by atoms with Crippen LogP contribution in [0.15, 0.2) is 24.3 Å². The van der Waals surface area contributed by atoms with E-state index in [1.54, 1.807) is 11.5 Å². The average molecular weight is 516 g/mol. The Bertz CT molecular complexity index is 1000. The van der Waals surface area contributed by atoms with Crippen LogP contribution in [0.5, 0.6) is 0 Å². The smallest absolute Gasteiger partial charge is 0.355 e. The molecule has 202 valence electrons. The van der Waals surface area contributed by atoms with E-state index >= 15 is 0 Å². The summed E-state index contributed by atoms with van der Waals surface area (Å²) in [6.45, 7) is 22.4. The molecule has 2 aromatic rings.